The third-order valence-electron chi connectivity index (χ3n) is 4.50. The minimum Gasteiger partial charge on any atom is -0.497 e. The largest absolute Gasteiger partial charge is 0.497 e. The van der Waals surface area contributed by atoms with Crippen LogP contribution in [0.5, 0.6) is 5.75 Å². The third-order valence-corrected chi connectivity index (χ3v) is 4.50. The van der Waals surface area contributed by atoms with Crippen molar-refractivity contribution in [3.05, 3.63) is 77.1 Å². The number of carbonyl (C=O) groups is 1. The van der Waals surface area contributed by atoms with Crippen molar-refractivity contribution in [3.8, 4) is 11.4 Å². The predicted molar refractivity (Wildman–Crippen MR) is 102 cm³/mol. The monoisotopic (exact) mass is 349 g/mol. The molecule has 0 N–H and O–H groups in total. The number of aromatic nitrogens is 2. The first kappa shape index (κ1) is 17.7. The van der Waals surface area contributed by atoms with Gasteiger partial charge in [0.05, 0.1) is 18.5 Å². The van der Waals surface area contributed by atoms with E-state index in [9.17, 15) is 4.79 Å². The van der Waals surface area contributed by atoms with Gasteiger partial charge < -0.3 is 9.64 Å². The normalized spacial score (nSPS) is 10.6. The molecule has 0 aliphatic carbocycles. The van der Waals surface area contributed by atoms with E-state index in [-0.39, 0.29) is 5.91 Å². The SMILES string of the molecule is COc1cccc(C(=O)N(C)Cc2c(C)nn(-c3ccccc3)c2C)c1. The van der Waals surface area contributed by atoms with Gasteiger partial charge in [0.25, 0.3) is 5.91 Å². The molecule has 2 aromatic carbocycles. The number of benzene rings is 2. The van der Waals surface area contributed by atoms with Crippen LogP contribution in [0, 0.1) is 13.8 Å². The summed E-state index contributed by atoms with van der Waals surface area (Å²) in [6.07, 6.45) is 0. The molecule has 1 aromatic heterocycles. The molecule has 1 heterocycles. The average Bonchev–Trinajstić information content (AvgIpc) is 2.96. The minimum atomic E-state index is -0.0461. The van der Waals surface area contributed by atoms with Crippen LogP contribution >= 0.6 is 0 Å². The lowest BCUT2D eigenvalue weighted by atomic mass is 10.1. The van der Waals surface area contributed by atoms with Crippen LogP contribution < -0.4 is 4.74 Å². The number of ether oxygens (including phenoxy) is 1. The summed E-state index contributed by atoms with van der Waals surface area (Å²) < 4.78 is 7.13. The molecule has 0 unspecified atom stereocenters. The number of rotatable bonds is 5. The zero-order valence-corrected chi connectivity index (χ0v) is 15.6. The second-order valence-corrected chi connectivity index (χ2v) is 6.29. The van der Waals surface area contributed by atoms with Crippen LogP contribution in [0.3, 0.4) is 0 Å². The van der Waals surface area contributed by atoms with Crippen LogP contribution in [0.4, 0.5) is 0 Å². The van der Waals surface area contributed by atoms with Crippen LogP contribution in [0.1, 0.15) is 27.3 Å². The van der Waals surface area contributed by atoms with E-state index in [0.29, 0.717) is 17.9 Å². The van der Waals surface area contributed by atoms with Crippen LogP contribution in [0.25, 0.3) is 5.69 Å². The molecule has 134 valence electrons. The number of amides is 1. The topological polar surface area (TPSA) is 47.4 Å². The lowest BCUT2D eigenvalue weighted by Gasteiger charge is -2.18. The Kier molecular flexibility index (Phi) is 5.07. The van der Waals surface area contributed by atoms with E-state index in [4.69, 9.17) is 4.74 Å². The number of para-hydroxylation sites is 1. The first-order chi connectivity index (χ1) is 12.5. The van der Waals surface area contributed by atoms with E-state index >= 15 is 0 Å². The highest BCUT2D eigenvalue weighted by molar-refractivity contribution is 5.94. The summed E-state index contributed by atoms with van der Waals surface area (Å²) >= 11 is 0. The van der Waals surface area contributed by atoms with Crippen molar-refractivity contribution in [1.82, 2.24) is 14.7 Å². The highest BCUT2D eigenvalue weighted by Crippen LogP contribution is 2.21. The van der Waals surface area contributed by atoms with Crippen LogP contribution in [0.2, 0.25) is 0 Å². The molecule has 5 nitrogen and oxygen atoms in total. The Bertz CT molecular complexity index is 916. The Morgan fingerprint density at radius 2 is 1.85 bits per heavy atom. The fraction of sp³-hybridized carbons (Fsp3) is 0.238. The van der Waals surface area contributed by atoms with Crippen molar-refractivity contribution >= 4 is 5.91 Å². The summed E-state index contributed by atoms with van der Waals surface area (Å²) in [5.41, 5.74) is 4.65. The summed E-state index contributed by atoms with van der Waals surface area (Å²) in [5, 5.41) is 4.65. The molecule has 3 rings (SSSR count). The molecular weight excluding hydrogens is 326 g/mol. The Morgan fingerprint density at radius 3 is 2.54 bits per heavy atom. The maximum absolute atomic E-state index is 12.8. The zero-order valence-electron chi connectivity index (χ0n) is 15.6. The standard InChI is InChI=1S/C21H23N3O2/c1-15-20(16(2)24(22-15)18-10-6-5-7-11-18)14-23(3)21(25)17-9-8-12-19(13-17)26-4/h5-13H,14H2,1-4H3. The van der Waals surface area contributed by atoms with Gasteiger partial charge in [0.2, 0.25) is 0 Å². The molecule has 0 saturated carbocycles. The first-order valence-electron chi connectivity index (χ1n) is 8.51. The second-order valence-electron chi connectivity index (χ2n) is 6.29. The maximum atomic E-state index is 12.8. The van der Waals surface area contributed by atoms with Gasteiger partial charge in [0.1, 0.15) is 5.75 Å². The van der Waals surface area contributed by atoms with Gasteiger partial charge in [-0.3, -0.25) is 4.79 Å². The molecule has 1 amide bonds. The van der Waals surface area contributed by atoms with E-state index in [0.717, 1.165) is 22.6 Å². The van der Waals surface area contributed by atoms with E-state index in [1.54, 1.807) is 31.2 Å². The Balaban J connectivity index is 1.84. The van der Waals surface area contributed by atoms with Gasteiger partial charge in [0.15, 0.2) is 0 Å². The third kappa shape index (κ3) is 3.47. The molecule has 0 saturated heterocycles. The number of methoxy groups -OCH3 is 1. The highest BCUT2D eigenvalue weighted by Gasteiger charge is 2.18. The molecule has 0 aliphatic heterocycles. The van der Waals surface area contributed by atoms with Crippen molar-refractivity contribution in [2.75, 3.05) is 14.2 Å². The average molecular weight is 349 g/mol. The summed E-state index contributed by atoms with van der Waals surface area (Å²) in [6.45, 7) is 4.51. The molecular formula is C21H23N3O2. The van der Waals surface area contributed by atoms with E-state index < -0.39 is 0 Å². The Hall–Kier alpha value is -3.08. The molecule has 26 heavy (non-hydrogen) atoms. The van der Waals surface area contributed by atoms with E-state index in [1.807, 2.05) is 61.0 Å². The second kappa shape index (κ2) is 7.44. The fourth-order valence-corrected chi connectivity index (χ4v) is 3.01. The van der Waals surface area contributed by atoms with Gasteiger partial charge in [-0.2, -0.15) is 5.10 Å². The molecule has 0 radical (unpaired) electrons. The van der Waals surface area contributed by atoms with Gasteiger partial charge in [-0.1, -0.05) is 24.3 Å². The molecule has 0 aliphatic rings. The lowest BCUT2D eigenvalue weighted by Crippen LogP contribution is -2.26. The molecule has 5 heteroatoms. The van der Waals surface area contributed by atoms with Gasteiger partial charge >= 0.3 is 0 Å². The van der Waals surface area contributed by atoms with Crippen LogP contribution in [-0.2, 0) is 6.54 Å². The van der Waals surface area contributed by atoms with Gasteiger partial charge in [0, 0.05) is 30.4 Å². The summed E-state index contributed by atoms with van der Waals surface area (Å²) in [6, 6.07) is 17.2. The van der Waals surface area contributed by atoms with Crippen molar-refractivity contribution in [1.29, 1.82) is 0 Å². The number of nitrogens with zero attached hydrogens (tertiary/aromatic N) is 3. The number of aryl methyl sites for hydroxylation is 1. The van der Waals surface area contributed by atoms with Crippen molar-refractivity contribution < 1.29 is 9.53 Å². The summed E-state index contributed by atoms with van der Waals surface area (Å²) in [4.78, 5) is 14.5. The van der Waals surface area contributed by atoms with Crippen LogP contribution in [-0.4, -0.2) is 34.7 Å². The highest BCUT2D eigenvalue weighted by atomic mass is 16.5. The Labute approximate surface area is 153 Å². The number of hydrogen-bond acceptors (Lipinski definition) is 3. The van der Waals surface area contributed by atoms with Crippen molar-refractivity contribution in [2.24, 2.45) is 0 Å². The van der Waals surface area contributed by atoms with E-state index in [2.05, 4.69) is 5.10 Å². The van der Waals surface area contributed by atoms with Gasteiger partial charge in [-0.15, -0.1) is 0 Å². The van der Waals surface area contributed by atoms with Crippen LogP contribution in [0.15, 0.2) is 54.6 Å². The summed E-state index contributed by atoms with van der Waals surface area (Å²) in [7, 11) is 3.40. The Morgan fingerprint density at radius 1 is 1.12 bits per heavy atom. The molecule has 0 bridgehead atoms. The predicted octanol–water partition coefficient (Wildman–Crippen LogP) is 3.77. The lowest BCUT2D eigenvalue weighted by molar-refractivity contribution is 0.0784. The smallest absolute Gasteiger partial charge is 0.254 e. The van der Waals surface area contributed by atoms with Gasteiger partial charge in [-0.25, -0.2) is 4.68 Å². The zero-order chi connectivity index (χ0) is 18.7. The van der Waals surface area contributed by atoms with Gasteiger partial charge in [-0.05, 0) is 44.2 Å². The van der Waals surface area contributed by atoms with E-state index in [1.165, 1.54) is 0 Å². The summed E-state index contributed by atoms with van der Waals surface area (Å²) in [5.74, 6) is 0.628. The molecule has 0 fully saturated rings. The van der Waals surface area contributed by atoms with Crippen molar-refractivity contribution in [2.45, 2.75) is 20.4 Å². The molecule has 0 atom stereocenters. The number of hydrogen-bond donors (Lipinski definition) is 0. The minimum absolute atomic E-state index is 0.0461. The number of carbonyl (C=O) groups excluding carboxylic acids is 1. The van der Waals surface area contributed by atoms with Crippen molar-refractivity contribution in [3.63, 3.8) is 0 Å². The quantitative estimate of drug-likeness (QED) is 0.704. The molecule has 0 spiro atoms. The fourth-order valence-electron chi connectivity index (χ4n) is 3.01. The molecule has 3 aromatic rings. The first-order valence-corrected chi connectivity index (χ1v) is 8.51. The maximum Gasteiger partial charge on any atom is 0.254 e.